The van der Waals surface area contributed by atoms with Crippen LogP contribution in [0.3, 0.4) is 0 Å². The average molecular weight is 380 g/mol. The van der Waals surface area contributed by atoms with Crippen LogP contribution in [0.2, 0.25) is 0 Å². The third kappa shape index (κ3) is 3.00. The Bertz CT molecular complexity index is 552. The first-order valence-corrected chi connectivity index (χ1v) is 11.4. The molecule has 0 radical (unpaired) electrons. The number of likely N-dealkylation sites (tertiary alicyclic amines) is 1. The standard InChI is InChI=1S/C22H37NO4/c1-15-7-8-18-16(2)19(10-14-23-12-5-4-6-13-23)24-20-22(18)17(15)9-11-21(3,25-20)26-27-22/h15-20H,4-14H2,1-3H3/t15-,16-,17+,18+,19-,20-,21+,22-/m1/s1. The molecule has 2 bridgehead atoms. The number of hydrogen-bond acceptors (Lipinski definition) is 5. The molecule has 0 aromatic heterocycles. The zero-order valence-corrected chi connectivity index (χ0v) is 17.3. The molecular weight excluding hydrogens is 342 g/mol. The summed E-state index contributed by atoms with van der Waals surface area (Å²) in [5.74, 6) is 1.39. The van der Waals surface area contributed by atoms with E-state index in [1.54, 1.807) is 0 Å². The highest BCUT2D eigenvalue weighted by molar-refractivity contribution is 5.09. The van der Waals surface area contributed by atoms with Crippen LogP contribution >= 0.6 is 0 Å². The van der Waals surface area contributed by atoms with E-state index in [9.17, 15) is 0 Å². The number of rotatable bonds is 3. The number of ether oxygens (including phenoxy) is 2. The number of fused-ring (bicyclic) bond motifs is 2. The molecule has 1 aliphatic carbocycles. The van der Waals surface area contributed by atoms with Crippen molar-refractivity contribution >= 4 is 0 Å². The Morgan fingerprint density at radius 3 is 2.59 bits per heavy atom. The molecule has 5 nitrogen and oxygen atoms in total. The molecule has 154 valence electrons. The van der Waals surface area contributed by atoms with Crippen molar-refractivity contribution in [3.8, 4) is 0 Å². The third-order valence-electron chi connectivity index (χ3n) is 8.47. The van der Waals surface area contributed by atoms with E-state index in [1.165, 1.54) is 45.2 Å². The third-order valence-corrected chi connectivity index (χ3v) is 8.47. The van der Waals surface area contributed by atoms with Gasteiger partial charge in [-0.3, -0.25) is 0 Å². The van der Waals surface area contributed by atoms with E-state index in [4.69, 9.17) is 19.2 Å². The lowest BCUT2D eigenvalue weighted by molar-refractivity contribution is -0.571. The van der Waals surface area contributed by atoms with Crippen LogP contribution in [0.25, 0.3) is 0 Å². The fraction of sp³-hybridized carbons (Fsp3) is 1.00. The first-order valence-electron chi connectivity index (χ1n) is 11.4. The minimum absolute atomic E-state index is 0.258. The first kappa shape index (κ1) is 18.8. The van der Waals surface area contributed by atoms with Gasteiger partial charge in [0.05, 0.1) is 6.10 Å². The second kappa shape index (κ2) is 6.94. The molecule has 0 aromatic carbocycles. The highest BCUT2D eigenvalue weighted by Gasteiger charge is 2.69. The van der Waals surface area contributed by atoms with Crippen LogP contribution in [0.5, 0.6) is 0 Å². The van der Waals surface area contributed by atoms with Crippen LogP contribution in [0, 0.1) is 23.7 Å². The lowest BCUT2D eigenvalue weighted by atomic mass is 9.57. The predicted molar refractivity (Wildman–Crippen MR) is 102 cm³/mol. The molecule has 6 fully saturated rings. The molecule has 0 unspecified atom stereocenters. The quantitative estimate of drug-likeness (QED) is 0.690. The van der Waals surface area contributed by atoms with Crippen LogP contribution in [0.4, 0.5) is 0 Å². The lowest BCUT2D eigenvalue weighted by Gasteiger charge is -2.60. The molecule has 5 saturated heterocycles. The van der Waals surface area contributed by atoms with Gasteiger partial charge in [-0.2, -0.15) is 0 Å². The van der Waals surface area contributed by atoms with Crippen LogP contribution in [-0.4, -0.2) is 48.3 Å². The largest absolute Gasteiger partial charge is 0.346 e. The van der Waals surface area contributed by atoms with Crippen LogP contribution in [0.15, 0.2) is 0 Å². The summed E-state index contributed by atoms with van der Waals surface area (Å²) in [6.07, 6.45) is 9.65. The fourth-order valence-electron chi connectivity index (χ4n) is 6.80. The second-order valence-electron chi connectivity index (χ2n) is 10.1. The Kier molecular flexibility index (Phi) is 4.84. The maximum atomic E-state index is 6.69. The summed E-state index contributed by atoms with van der Waals surface area (Å²) in [5, 5.41) is 0. The van der Waals surface area contributed by atoms with Crippen molar-refractivity contribution < 1.29 is 19.2 Å². The highest BCUT2D eigenvalue weighted by Crippen LogP contribution is 2.60. The molecule has 1 spiro atoms. The van der Waals surface area contributed by atoms with Gasteiger partial charge in [-0.1, -0.05) is 20.3 Å². The molecule has 8 atom stereocenters. The second-order valence-corrected chi connectivity index (χ2v) is 10.1. The van der Waals surface area contributed by atoms with Crippen molar-refractivity contribution in [3.05, 3.63) is 0 Å². The normalized spacial score (nSPS) is 53.0. The van der Waals surface area contributed by atoms with E-state index in [1.807, 2.05) is 6.92 Å². The molecule has 6 aliphatic rings. The van der Waals surface area contributed by atoms with E-state index >= 15 is 0 Å². The maximum Gasteiger partial charge on any atom is 0.201 e. The van der Waals surface area contributed by atoms with Crippen molar-refractivity contribution in [1.82, 2.24) is 4.90 Å². The van der Waals surface area contributed by atoms with Crippen molar-refractivity contribution in [2.45, 2.75) is 95.9 Å². The molecule has 5 heterocycles. The molecule has 27 heavy (non-hydrogen) atoms. The van der Waals surface area contributed by atoms with E-state index in [-0.39, 0.29) is 12.4 Å². The topological polar surface area (TPSA) is 40.2 Å². The Hall–Kier alpha value is -0.200. The summed E-state index contributed by atoms with van der Waals surface area (Å²) in [6, 6.07) is 0. The van der Waals surface area contributed by atoms with Gasteiger partial charge < -0.3 is 14.4 Å². The molecule has 1 saturated carbocycles. The molecule has 5 heteroatoms. The first-order chi connectivity index (χ1) is 13.0. The van der Waals surface area contributed by atoms with Gasteiger partial charge in [-0.15, -0.1) is 0 Å². The van der Waals surface area contributed by atoms with E-state index in [0.717, 1.165) is 25.8 Å². The van der Waals surface area contributed by atoms with Crippen LogP contribution < -0.4 is 0 Å². The highest BCUT2D eigenvalue weighted by atomic mass is 17.3. The van der Waals surface area contributed by atoms with E-state index in [0.29, 0.717) is 23.7 Å². The Morgan fingerprint density at radius 2 is 1.78 bits per heavy atom. The fourth-order valence-corrected chi connectivity index (χ4v) is 6.80. The Balaban J connectivity index is 1.38. The monoisotopic (exact) mass is 379 g/mol. The molecule has 0 N–H and O–H groups in total. The van der Waals surface area contributed by atoms with Crippen LogP contribution in [-0.2, 0) is 19.2 Å². The smallest absolute Gasteiger partial charge is 0.201 e. The van der Waals surface area contributed by atoms with E-state index < -0.39 is 11.4 Å². The van der Waals surface area contributed by atoms with Gasteiger partial charge in [0.15, 0.2) is 11.9 Å². The van der Waals surface area contributed by atoms with E-state index in [2.05, 4.69) is 18.7 Å². The van der Waals surface area contributed by atoms with Crippen molar-refractivity contribution in [2.24, 2.45) is 23.7 Å². The van der Waals surface area contributed by atoms with Gasteiger partial charge in [-0.25, -0.2) is 9.78 Å². The Morgan fingerprint density at radius 1 is 0.963 bits per heavy atom. The number of nitrogens with zero attached hydrogens (tertiary/aromatic N) is 1. The van der Waals surface area contributed by atoms with Crippen molar-refractivity contribution in [1.29, 1.82) is 0 Å². The summed E-state index contributed by atoms with van der Waals surface area (Å²) in [5.41, 5.74) is -0.408. The molecule has 0 amide bonds. The molecule has 0 aromatic rings. The zero-order valence-electron chi connectivity index (χ0n) is 17.3. The van der Waals surface area contributed by atoms with Crippen molar-refractivity contribution in [2.75, 3.05) is 19.6 Å². The summed E-state index contributed by atoms with van der Waals surface area (Å²) < 4.78 is 13.2. The molecular formula is C22H37NO4. The van der Waals surface area contributed by atoms with Gasteiger partial charge in [0.2, 0.25) is 5.79 Å². The summed E-state index contributed by atoms with van der Waals surface area (Å²) in [7, 11) is 0. The predicted octanol–water partition coefficient (Wildman–Crippen LogP) is 4.11. The molecule has 5 aliphatic heterocycles. The maximum absolute atomic E-state index is 6.69. The zero-order chi connectivity index (χ0) is 18.6. The SMILES string of the molecule is C[C@H]1[C@@H](CCN2CCCCC2)O[C@@H]2O[C@]3(C)CC[C@H]4[C@H](C)CC[C@@H]1[C@@]24OO3. The van der Waals surface area contributed by atoms with Crippen LogP contribution in [0.1, 0.15) is 72.1 Å². The molecule has 6 rings (SSSR count). The van der Waals surface area contributed by atoms with Gasteiger partial charge in [0.25, 0.3) is 0 Å². The van der Waals surface area contributed by atoms with Gasteiger partial charge in [0.1, 0.15) is 0 Å². The minimum Gasteiger partial charge on any atom is -0.346 e. The number of piperidine rings is 1. The lowest BCUT2D eigenvalue weighted by Crippen LogP contribution is -2.70. The summed E-state index contributed by atoms with van der Waals surface area (Å²) >= 11 is 0. The average Bonchev–Trinajstić information content (AvgIpc) is 2.90. The van der Waals surface area contributed by atoms with Gasteiger partial charge >= 0.3 is 0 Å². The summed E-state index contributed by atoms with van der Waals surface area (Å²) in [6.45, 7) is 10.4. The van der Waals surface area contributed by atoms with Gasteiger partial charge in [0, 0.05) is 18.9 Å². The Labute approximate surface area is 164 Å². The minimum atomic E-state index is -0.657. The van der Waals surface area contributed by atoms with Crippen molar-refractivity contribution in [3.63, 3.8) is 0 Å². The summed E-state index contributed by atoms with van der Waals surface area (Å²) in [4.78, 5) is 14.8. The number of hydrogen-bond donors (Lipinski definition) is 0. The van der Waals surface area contributed by atoms with Gasteiger partial charge in [-0.05, 0) is 76.3 Å².